The molecule has 0 aromatic heterocycles. The molecular formula is C20H33N3O3. The van der Waals surface area contributed by atoms with Crippen molar-refractivity contribution in [1.29, 1.82) is 0 Å². The van der Waals surface area contributed by atoms with Gasteiger partial charge >= 0.3 is 0 Å². The average molecular weight is 364 g/mol. The van der Waals surface area contributed by atoms with E-state index in [2.05, 4.69) is 27.8 Å². The highest BCUT2D eigenvalue weighted by atomic mass is 16.5. The largest absolute Gasteiger partial charge is 0.497 e. The lowest BCUT2D eigenvalue weighted by Gasteiger charge is -2.38. The molecule has 1 aliphatic rings. The summed E-state index contributed by atoms with van der Waals surface area (Å²) in [4.78, 5) is 4.35. The molecule has 0 bridgehead atoms. The molecule has 1 fully saturated rings. The number of benzene rings is 1. The second-order valence-corrected chi connectivity index (χ2v) is 7.36. The van der Waals surface area contributed by atoms with E-state index >= 15 is 0 Å². The molecule has 6 heteroatoms. The van der Waals surface area contributed by atoms with Crippen LogP contribution in [0.25, 0.3) is 0 Å². The molecule has 0 saturated carbocycles. The van der Waals surface area contributed by atoms with Gasteiger partial charge in [-0.1, -0.05) is 12.1 Å². The molecule has 2 rings (SSSR count). The van der Waals surface area contributed by atoms with Gasteiger partial charge in [-0.2, -0.15) is 0 Å². The zero-order valence-corrected chi connectivity index (χ0v) is 16.7. The second-order valence-electron chi connectivity index (χ2n) is 7.36. The van der Waals surface area contributed by atoms with Gasteiger partial charge in [0.15, 0.2) is 5.96 Å². The number of guanidine groups is 1. The topological polar surface area (TPSA) is 64.1 Å². The first kappa shape index (κ1) is 20.5. The summed E-state index contributed by atoms with van der Waals surface area (Å²) in [6, 6.07) is 8.38. The van der Waals surface area contributed by atoms with Crippen molar-refractivity contribution in [2.45, 2.75) is 37.7 Å². The van der Waals surface area contributed by atoms with Crippen LogP contribution in [0.1, 0.15) is 32.3 Å². The van der Waals surface area contributed by atoms with Gasteiger partial charge in [0.25, 0.3) is 0 Å². The normalized spacial score (nSPS) is 17.7. The van der Waals surface area contributed by atoms with Gasteiger partial charge in [0.05, 0.1) is 12.7 Å². The van der Waals surface area contributed by atoms with E-state index in [0.717, 1.165) is 44.3 Å². The number of methoxy groups -OCH3 is 2. The predicted octanol–water partition coefficient (Wildman–Crippen LogP) is 2.33. The molecule has 26 heavy (non-hydrogen) atoms. The highest BCUT2D eigenvalue weighted by molar-refractivity contribution is 5.79. The minimum absolute atomic E-state index is 0.0267. The lowest BCUT2D eigenvalue weighted by molar-refractivity contribution is 0.0267. The first-order valence-electron chi connectivity index (χ1n) is 9.17. The van der Waals surface area contributed by atoms with Gasteiger partial charge < -0.3 is 24.8 Å². The van der Waals surface area contributed by atoms with Crippen LogP contribution in [0, 0.1) is 0 Å². The molecule has 0 radical (unpaired) electrons. The van der Waals surface area contributed by atoms with Crippen molar-refractivity contribution in [3.8, 4) is 5.75 Å². The highest BCUT2D eigenvalue weighted by Crippen LogP contribution is 2.35. The van der Waals surface area contributed by atoms with E-state index in [9.17, 15) is 0 Å². The van der Waals surface area contributed by atoms with Crippen LogP contribution >= 0.6 is 0 Å². The summed E-state index contributed by atoms with van der Waals surface area (Å²) in [6.45, 7) is 7.12. The fourth-order valence-corrected chi connectivity index (χ4v) is 3.12. The smallest absolute Gasteiger partial charge is 0.191 e. The maximum Gasteiger partial charge on any atom is 0.191 e. The van der Waals surface area contributed by atoms with Crippen molar-refractivity contribution in [3.05, 3.63) is 29.8 Å². The second kappa shape index (κ2) is 9.24. The zero-order chi connectivity index (χ0) is 19.0. The number of hydrogen-bond donors (Lipinski definition) is 2. The van der Waals surface area contributed by atoms with Crippen LogP contribution in [0.5, 0.6) is 5.75 Å². The van der Waals surface area contributed by atoms with E-state index < -0.39 is 0 Å². The molecule has 1 aliphatic heterocycles. The van der Waals surface area contributed by atoms with Gasteiger partial charge in [-0.15, -0.1) is 0 Å². The van der Waals surface area contributed by atoms with Crippen LogP contribution in [0.2, 0.25) is 0 Å². The van der Waals surface area contributed by atoms with Crippen molar-refractivity contribution >= 4 is 5.96 Å². The number of hydrogen-bond acceptors (Lipinski definition) is 4. The molecule has 6 nitrogen and oxygen atoms in total. The summed E-state index contributed by atoms with van der Waals surface area (Å²) >= 11 is 0. The summed E-state index contributed by atoms with van der Waals surface area (Å²) in [7, 11) is 5.20. The first-order chi connectivity index (χ1) is 12.4. The van der Waals surface area contributed by atoms with Crippen LogP contribution in [0.15, 0.2) is 29.3 Å². The van der Waals surface area contributed by atoms with Gasteiger partial charge in [0.1, 0.15) is 5.75 Å². The molecule has 0 atom stereocenters. The van der Waals surface area contributed by atoms with Gasteiger partial charge in [-0.3, -0.25) is 4.99 Å². The average Bonchev–Trinajstić information content (AvgIpc) is 2.69. The molecule has 146 valence electrons. The predicted molar refractivity (Wildman–Crippen MR) is 105 cm³/mol. The molecule has 0 unspecified atom stereocenters. The molecule has 1 aromatic rings. The van der Waals surface area contributed by atoms with Gasteiger partial charge in [-0.25, -0.2) is 0 Å². The summed E-state index contributed by atoms with van der Waals surface area (Å²) in [5, 5.41) is 6.85. The maximum absolute atomic E-state index is 5.62. The Kier molecular flexibility index (Phi) is 7.29. The van der Waals surface area contributed by atoms with E-state index in [1.54, 1.807) is 21.3 Å². The van der Waals surface area contributed by atoms with Crippen molar-refractivity contribution < 1.29 is 14.2 Å². The van der Waals surface area contributed by atoms with Gasteiger partial charge in [0.2, 0.25) is 0 Å². The van der Waals surface area contributed by atoms with Crippen molar-refractivity contribution in [2.24, 2.45) is 4.99 Å². The fraction of sp³-hybridized carbons (Fsp3) is 0.650. The van der Waals surface area contributed by atoms with Crippen LogP contribution in [0.4, 0.5) is 0 Å². The number of nitrogens with zero attached hydrogens (tertiary/aromatic N) is 1. The lowest BCUT2D eigenvalue weighted by Crippen LogP contribution is -2.50. The minimum Gasteiger partial charge on any atom is -0.497 e. The Balaban J connectivity index is 2.07. The molecule has 2 N–H and O–H groups in total. The number of ether oxygens (including phenoxy) is 3. The number of aliphatic imine (C=N–C) groups is 1. The van der Waals surface area contributed by atoms with E-state index in [4.69, 9.17) is 14.2 Å². The Morgan fingerprint density at radius 2 is 1.81 bits per heavy atom. The molecular weight excluding hydrogens is 330 g/mol. The van der Waals surface area contributed by atoms with Gasteiger partial charge in [0, 0.05) is 45.9 Å². The van der Waals surface area contributed by atoms with Gasteiger partial charge in [-0.05, 0) is 44.4 Å². The van der Waals surface area contributed by atoms with Crippen molar-refractivity contribution in [3.63, 3.8) is 0 Å². The summed E-state index contributed by atoms with van der Waals surface area (Å²) in [5.74, 6) is 1.66. The van der Waals surface area contributed by atoms with Crippen LogP contribution in [0.3, 0.4) is 0 Å². The molecule has 1 aromatic carbocycles. The summed E-state index contributed by atoms with van der Waals surface area (Å²) < 4.78 is 16.4. The SMILES string of the molecule is CN=C(NCC(C)(C)OC)NCC1(c2ccc(OC)cc2)CCOCC1. The molecule has 0 spiro atoms. The Labute approximate surface area is 157 Å². The Morgan fingerprint density at radius 3 is 2.35 bits per heavy atom. The number of rotatable bonds is 7. The fourth-order valence-electron chi connectivity index (χ4n) is 3.12. The summed E-state index contributed by atoms with van der Waals surface area (Å²) in [5.41, 5.74) is 1.09. The first-order valence-corrected chi connectivity index (χ1v) is 9.17. The van der Waals surface area contributed by atoms with Crippen LogP contribution in [-0.4, -0.2) is 59.1 Å². The van der Waals surface area contributed by atoms with Crippen molar-refractivity contribution in [2.75, 3.05) is 47.6 Å². The molecule has 1 saturated heterocycles. The summed E-state index contributed by atoms with van der Waals surface area (Å²) in [6.07, 6.45) is 1.96. The van der Waals surface area contributed by atoms with E-state index in [1.807, 2.05) is 26.0 Å². The third-order valence-electron chi connectivity index (χ3n) is 5.20. The maximum atomic E-state index is 5.62. The minimum atomic E-state index is -0.246. The molecule has 0 amide bonds. The quantitative estimate of drug-likeness (QED) is 0.575. The Bertz CT molecular complexity index is 578. The monoisotopic (exact) mass is 363 g/mol. The van der Waals surface area contributed by atoms with Crippen LogP contribution in [-0.2, 0) is 14.9 Å². The number of nitrogens with one attached hydrogen (secondary N) is 2. The standard InChI is InChI=1S/C20H33N3O3/c1-19(2,25-5)14-22-18(21-3)23-15-20(10-12-26-13-11-20)16-6-8-17(24-4)9-7-16/h6-9H,10-15H2,1-5H3,(H2,21,22,23). The Morgan fingerprint density at radius 1 is 1.15 bits per heavy atom. The zero-order valence-electron chi connectivity index (χ0n) is 16.7. The van der Waals surface area contributed by atoms with E-state index in [-0.39, 0.29) is 11.0 Å². The third kappa shape index (κ3) is 5.35. The Hall–Kier alpha value is -1.79. The highest BCUT2D eigenvalue weighted by Gasteiger charge is 2.34. The third-order valence-corrected chi connectivity index (χ3v) is 5.20. The van der Waals surface area contributed by atoms with Crippen molar-refractivity contribution in [1.82, 2.24) is 10.6 Å². The molecule has 1 heterocycles. The molecule has 0 aliphatic carbocycles. The lowest BCUT2D eigenvalue weighted by atomic mass is 9.74. The van der Waals surface area contributed by atoms with Crippen LogP contribution < -0.4 is 15.4 Å². The van der Waals surface area contributed by atoms with E-state index in [0.29, 0.717) is 6.54 Å². The van der Waals surface area contributed by atoms with E-state index in [1.165, 1.54) is 5.56 Å².